The molecule has 140 valence electrons. The molecule has 4 rings (SSSR count). The molecule has 1 unspecified atom stereocenters. The number of benzene rings is 2. The summed E-state index contributed by atoms with van der Waals surface area (Å²) in [7, 11) is 1.63. The molecule has 0 bridgehead atoms. The van der Waals surface area contributed by atoms with Crippen molar-refractivity contribution in [1.29, 1.82) is 0 Å². The molecule has 1 atom stereocenters. The van der Waals surface area contributed by atoms with Gasteiger partial charge in [0.1, 0.15) is 6.04 Å². The van der Waals surface area contributed by atoms with E-state index in [0.717, 1.165) is 40.7 Å². The van der Waals surface area contributed by atoms with Gasteiger partial charge in [-0.25, -0.2) is 0 Å². The number of carbonyl (C=O) groups excluding carboxylic acids is 1. The van der Waals surface area contributed by atoms with Gasteiger partial charge in [-0.2, -0.15) is 0 Å². The topological polar surface area (TPSA) is 75.4 Å². The van der Waals surface area contributed by atoms with Crippen LogP contribution in [-0.2, 0) is 11.2 Å². The molecule has 3 aromatic rings. The van der Waals surface area contributed by atoms with Gasteiger partial charge in [0.15, 0.2) is 11.5 Å². The van der Waals surface area contributed by atoms with Crippen molar-refractivity contribution in [2.24, 2.45) is 0 Å². The number of amides is 1. The van der Waals surface area contributed by atoms with Crippen molar-refractivity contribution in [2.75, 3.05) is 25.6 Å². The second-order valence-electron chi connectivity index (χ2n) is 6.51. The first-order valence-electron chi connectivity index (χ1n) is 9.15. The zero-order chi connectivity index (χ0) is 18.8. The fourth-order valence-electron chi connectivity index (χ4n) is 3.61. The summed E-state index contributed by atoms with van der Waals surface area (Å²) < 4.78 is 11.1. The van der Waals surface area contributed by atoms with E-state index in [9.17, 15) is 4.79 Å². The molecule has 0 fully saturated rings. The highest BCUT2D eigenvalue weighted by atomic mass is 16.5. The molecule has 1 aliphatic rings. The Labute approximate surface area is 157 Å². The lowest BCUT2D eigenvalue weighted by molar-refractivity contribution is -0.118. The molecule has 2 aromatic carbocycles. The quantitative estimate of drug-likeness (QED) is 0.648. The minimum atomic E-state index is -0.437. The number of fused-ring (bicyclic) bond motifs is 2. The highest BCUT2D eigenvalue weighted by Gasteiger charge is 2.28. The third-order valence-corrected chi connectivity index (χ3v) is 4.89. The maximum atomic E-state index is 13.0. The van der Waals surface area contributed by atoms with Crippen LogP contribution in [0.4, 0.5) is 5.69 Å². The summed E-state index contributed by atoms with van der Waals surface area (Å²) in [5, 5.41) is 7.37. The summed E-state index contributed by atoms with van der Waals surface area (Å²) in [6.45, 7) is 3.20. The van der Waals surface area contributed by atoms with Crippen LogP contribution in [0.3, 0.4) is 0 Å². The van der Waals surface area contributed by atoms with Crippen LogP contribution in [0.1, 0.15) is 24.1 Å². The predicted octanol–water partition coefficient (Wildman–Crippen LogP) is 3.40. The molecule has 3 N–H and O–H groups in total. The van der Waals surface area contributed by atoms with E-state index in [0.29, 0.717) is 18.1 Å². The van der Waals surface area contributed by atoms with Crippen molar-refractivity contribution in [3.63, 3.8) is 0 Å². The Morgan fingerprint density at radius 3 is 2.93 bits per heavy atom. The van der Waals surface area contributed by atoms with Crippen LogP contribution in [-0.4, -0.2) is 31.2 Å². The number of carbonyl (C=O) groups is 1. The van der Waals surface area contributed by atoms with Gasteiger partial charge < -0.3 is 25.1 Å². The zero-order valence-electron chi connectivity index (χ0n) is 15.5. The van der Waals surface area contributed by atoms with E-state index < -0.39 is 6.04 Å². The van der Waals surface area contributed by atoms with Gasteiger partial charge >= 0.3 is 0 Å². The van der Waals surface area contributed by atoms with E-state index in [-0.39, 0.29) is 5.91 Å². The van der Waals surface area contributed by atoms with E-state index >= 15 is 0 Å². The molecule has 6 heteroatoms. The lowest BCUT2D eigenvalue weighted by Gasteiger charge is -2.27. The van der Waals surface area contributed by atoms with Crippen molar-refractivity contribution in [3.8, 4) is 11.5 Å². The average molecular weight is 365 g/mol. The Morgan fingerprint density at radius 1 is 1.26 bits per heavy atom. The highest BCUT2D eigenvalue weighted by molar-refractivity contribution is 6.03. The van der Waals surface area contributed by atoms with Gasteiger partial charge in [-0.05, 0) is 42.7 Å². The summed E-state index contributed by atoms with van der Waals surface area (Å²) in [4.78, 5) is 16.2. The van der Waals surface area contributed by atoms with Crippen molar-refractivity contribution in [1.82, 2.24) is 10.3 Å². The number of methoxy groups -OCH3 is 1. The third-order valence-electron chi connectivity index (χ3n) is 4.89. The molecule has 1 amide bonds. The van der Waals surface area contributed by atoms with E-state index in [2.05, 4.69) is 15.6 Å². The first-order chi connectivity index (χ1) is 13.2. The van der Waals surface area contributed by atoms with Gasteiger partial charge in [0.05, 0.1) is 19.4 Å². The lowest BCUT2D eigenvalue weighted by Crippen LogP contribution is -2.38. The second kappa shape index (κ2) is 7.32. The number of hydrogen-bond acceptors (Lipinski definition) is 4. The van der Waals surface area contributed by atoms with Crippen LogP contribution in [0, 0.1) is 0 Å². The van der Waals surface area contributed by atoms with Gasteiger partial charge in [-0.1, -0.05) is 18.2 Å². The summed E-state index contributed by atoms with van der Waals surface area (Å²) in [5.41, 5.74) is 3.81. The Morgan fingerprint density at radius 2 is 2.11 bits per heavy atom. The number of para-hydroxylation sites is 1. The normalized spacial score (nSPS) is 16.0. The third kappa shape index (κ3) is 3.24. The number of aromatic nitrogens is 1. The van der Waals surface area contributed by atoms with Crippen LogP contribution >= 0.6 is 0 Å². The molecule has 2 heterocycles. The molecule has 0 spiro atoms. The molecule has 1 aromatic heterocycles. The molecule has 1 aliphatic heterocycles. The van der Waals surface area contributed by atoms with E-state index in [1.54, 1.807) is 7.11 Å². The Bertz CT molecular complexity index is 980. The zero-order valence-corrected chi connectivity index (χ0v) is 15.5. The molecular weight excluding hydrogens is 342 g/mol. The van der Waals surface area contributed by atoms with Gasteiger partial charge in [0, 0.05) is 23.6 Å². The molecule has 6 nitrogen and oxygen atoms in total. The van der Waals surface area contributed by atoms with Crippen molar-refractivity contribution < 1.29 is 14.3 Å². The van der Waals surface area contributed by atoms with Crippen molar-refractivity contribution in [2.45, 2.75) is 19.4 Å². The molecule has 0 radical (unpaired) electrons. The molecule has 0 saturated carbocycles. The second-order valence-corrected chi connectivity index (χ2v) is 6.51. The largest absolute Gasteiger partial charge is 0.493 e. The molecule has 0 saturated heterocycles. The monoisotopic (exact) mass is 365 g/mol. The number of H-pyrrole nitrogens is 1. The summed E-state index contributed by atoms with van der Waals surface area (Å²) in [5.74, 6) is 1.27. The number of nitrogens with one attached hydrogen (secondary N) is 3. The number of ether oxygens (including phenoxy) is 2. The summed E-state index contributed by atoms with van der Waals surface area (Å²) in [6, 6.07) is 11.4. The first-order valence-corrected chi connectivity index (χ1v) is 9.15. The fourth-order valence-corrected chi connectivity index (χ4v) is 3.61. The van der Waals surface area contributed by atoms with E-state index in [4.69, 9.17) is 9.47 Å². The molecule has 0 aliphatic carbocycles. The predicted molar refractivity (Wildman–Crippen MR) is 106 cm³/mol. The minimum Gasteiger partial charge on any atom is -0.493 e. The fraction of sp³-hybridized carbons (Fsp3) is 0.286. The van der Waals surface area contributed by atoms with Gasteiger partial charge in [0.2, 0.25) is 5.91 Å². The Kier molecular flexibility index (Phi) is 4.73. The highest BCUT2D eigenvalue weighted by Crippen LogP contribution is 2.36. The number of anilines is 1. The molecular formula is C21H23N3O3. The number of hydrogen-bond donors (Lipinski definition) is 3. The van der Waals surface area contributed by atoms with Crippen LogP contribution < -0.4 is 20.1 Å². The minimum absolute atomic E-state index is 0.0895. The van der Waals surface area contributed by atoms with Gasteiger partial charge in [-0.15, -0.1) is 0 Å². The van der Waals surface area contributed by atoms with E-state index in [1.807, 2.05) is 49.5 Å². The van der Waals surface area contributed by atoms with Crippen molar-refractivity contribution in [3.05, 3.63) is 53.7 Å². The maximum absolute atomic E-state index is 13.0. The standard InChI is InChI=1S/C21H23N3O3/c1-3-27-19-11-15-13(10-18(19)26-2)8-9-22-20(15)21(25)24-17-12-23-16-7-5-4-6-14(16)17/h4-7,10-12,20,22-23H,3,8-9H2,1-2H3,(H,24,25). The van der Waals surface area contributed by atoms with Crippen LogP contribution in [0.2, 0.25) is 0 Å². The summed E-state index contributed by atoms with van der Waals surface area (Å²) in [6.07, 6.45) is 2.67. The Hall–Kier alpha value is -2.99. The SMILES string of the molecule is CCOc1cc2c(cc1OC)CCNC2C(=O)Nc1c[nH]c2ccccc12. The van der Waals surface area contributed by atoms with Gasteiger partial charge in [-0.3, -0.25) is 4.79 Å². The van der Waals surface area contributed by atoms with Crippen molar-refractivity contribution >= 4 is 22.5 Å². The average Bonchev–Trinajstić information content (AvgIpc) is 3.10. The lowest BCUT2D eigenvalue weighted by atomic mass is 9.93. The summed E-state index contributed by atoms with van der Waals surface area (Å²) >= 11 is 0. The number of aromatic amines is 1. The first kappa shape index (κ1) is 17.4. The van der Waals surface area contributed by atoms with Crippen LogP contribution in [0.5, 0.6) is 11.5 Å². The number of rotatable bonds is 5. The Balaban J connectivity index is 1.65. The van der Waals surface area contributed by atoms with E-state index in [1.165, 1.54) is 0 Å². The van der Waals surface area contributed by atoms with Gasteiger partial charge in [0.25, 0.3) is 0 Å². The molecule has 27 heavy (non-hydrogen) atoms. The van der Waals surface area contributed by atoms with Crippen LogP contribution in [0.15, 0.2) is 42.6 Å². The maximum Gasteiger partial charge on any atom is 0.246 e. The smallest absolute Gasteiger partial charge is 0.246 e. The van der Waals surface area contributed by atoms with Crippen LogP contribution in [0.25, 0.3) is 10.9 Å².